The van der Waals surface area contributed by atoms with Crippen molar-refractivity contribution in [2.24, 2.45) is 11.8 Å². The van der Waals surface area contributed by atoms with Crippen molar-refractivity contribution in [1.82, 2.24) is 5.32 Å². The maximum atomic E-state index is 12.8. The number of carbonyl (C=O) groups excluding carboxylic acids is 1. The van der Waals surface area contributed by atoms with Gasteiger partial charge in [-0.15, -0.1) is 0 Å². The third-order valence-electron chi connectivity index (χ3n) is 5.81. The van der Waals surface area contributed by atoms with Gasteiger partial charge in [0.15, 0.2) is 0 Å². The first-order chi connectivity index (χ1) is 13.7. The molecule has 0 bridgehead atoms. The molecule has 1 aliphatic heterocycles. The Morgan fingerprint density at radius 3 is 2.36 bits per heavy atom. The van der Waals surface area contributed by atoms with Crippen LogP contribution in [-0.2, 0) is 16.1 Å². The fourth-order valence-corrected chi connectivity index (χ4v) is 4.37. The molecule has 3 aliphatic rings. The van der Waals surface area contributed by atoms with Crippen molar-refractivity contribution in [3.05, 3.63) is 83.5 Å². The number of carbonyl (C=O) groups is 1. The third-order valence-corrected chi connectivity index (χ3v) is 5.81. The van der Waals surface area contributed by atoms with E-state index in [0.717, 1.165) is 36.8 Å². The van der Waals surface area contributed by atoms with E-state index in [1.807, 2.05) is 36.4 Å². The van der Waals surface area contributed by atoms with E-state index in [9.17, 15) is 9.90 Å². The minimum atomic E-state index is -0.950. The van der Waals surface area contributed by atoms with Crippen molar-refractivity contribution in [2.45, 2.75) is 44.6 Å². The molecule has 0 spiro atoms. The van der Waals surface area contributed by atoms with Gasteiger partial charge in [-0.25, -0.2) is 0 Å². The Labute approximate surface area is 166 Å². The van der Waals surface area contributed by atoms with E-state index in [4.69, 9.17) is 4.74 Å². The smallest absolute Gasteiger partial charge is 0.314 e. The van der Waals surface area contributed by atoms with Crippen molar-refractivity contribution in [3.8, 4) is 0 Å². The van der Waals surface area contributed by atoms with Crippen LogP contribution in [0.25, 0.3) is 0 Å². The lowest BCUT2D eigenvalue weighted by Crippen LogP contribution is -2.42. The van der Waals surface area contributed by atoms with Crippen LogP contribution >= 0.6 is 0 Å². The van der Waals surface area contributed by atoms with Crippen molar-refractivity contribution in [3.63, 3.8) is 0 Å². The number of nitrogens with one attached hydrogen (secondary N) is 1. The first-order valence-electron chi connectivity index (χ1n) is 10.1. The third kappa shape index (κ3) is 4.03. The summed E-state index contributed by atoms with van der Waals surface area (Å²) in [5.74, 6) is -1.04. The zero-order chi connectivity index (χ0) is 19.3. The van der Waals surface area contributed by atoms with Crippen LogP contribution in [0.1, 0.15) is 31.2 Å². The van der Waals surface area contributed by atoms with Gasteiger partial charge in [0.25, 0.3) is 0 Å². The number of ether oxygens (including phenoxy) is 1. The quantitative estimate of drug-likeness (QED) is 0.585. The number of rotatable bonds is 6. The molecule has 0 radical (unpaired) electrons. The van der Waals surface area contributed by atoms with Crippen LogP contribution in [0.3, 0.4) is 0 Å². The van der Waals surface area contributed by atoms with E-state index in [-0.39, 0.29) is 18.0 Å². The summed E-state index contributed by atoms with van der Waals surface area (Å²) < 4.78 is 5.85. The second kappa shape index (κ2) is 8.72. The molecule has 4 atom stereocenters. The molecule has 1 aromatic carbocycles. The lowest BCUT2D eigenvalue weighted by molar-refractivity contribution is -0.146. The topological polar surface area (TPSA) is 58.6 Å². The number of allylic oxidation sites excluding steroid dienone is 6. The number of hydrogen-bond acceptors (Lipinski definition) is 4. The lowest BCUT2D eigenvalue weighted by atomic mass is 9.76. The van der Waals surface area contributed by atoms with E-state index in [0.29, 0.717) is 6.54 Å². The molecule has 4 heteroatoms. The average molecular weight is 377 g/mol. The average Bonchev–Trinajstić information content (AvgIpc) is 3.11. The van der Waals surface area contributed by atoms with Gasteiger partial charge in [-0.3, -0.25) is 10.1 Å². The molecule has 1 saturated heterocycles. The maximum absolute atomic E-state index is 12.8. The number of cyclic esters (lactones) is 1. The van der Waals surface area contributed by atoms with Gasteiger partial charge < -0.3 is 9.84 Å². The van der Waals surface area contributed by atoms with Gasteiger partial charge in [0.05, 0.1) is 0 Å². The first kappa shape index (κ1) is 18.9. The predicted octanol–water partition coefficient (Wildman–Crippen LogP) is 3.81. The fraction of sp³-hybridized carbons (Fsp3) is 0.375. The summed E-state index contributed by atoms with van der Waals surface area (Å²) in [5.41, 5.74) is 3.41. The monoisotopic (exact) mass is 377 g/mol. The minimum absolute atomic E-state index is 0.131. The summed E-state index contributed by atoms with van der Waals surface area (Å²) >= 11 is 0. The molecule has 1 aromatic rings. The Bertz CT molecular complexity index is 822. The SMILES string of the molecule is O=C1OC(C2=CC=CCC2)C(C2=CC=CCC2)C1C(O)NCc1ccccc1. The van der Waals surface area contributed by atoms with Gasteiger partial charge in [0.2, 0.25) is 0 Å². The highest BCUT2D eigenvalue weighted by atomic mass is 16.6. The van der Waals surface area contributed by atoms with Crippen LogP contribution in [0.4, 0.5) is 0 Å². The Balaban J connectivity index is 1.57. The summed E-state index contributed by atoms with van der Waals surface area (Å²) in [7, 11) is 0. The molecule has 28 heavy (non-hydrogen) atoms. The zero-order valence-electron chi connectivity index (χ0n) is 16.0. The molecule has 146 valence electrons. The van der Waals surface area contributed by atoms with Gasteiger partial charge >= 0.3 is 5.97 Å². The molecule has 0 amide bonds. The summed E-state index contributed by atoms with van der Waals surface area (Å²) in [6.45, 7) is 0.507. The van der Waals surface area contributed by atoms with Gasteiger partial charge in [0, 0.05) is 12.5 Å². The largest absolute Gasteiger partial charge is 0.457 e. The van der Waals surface area contributed by atoms with Gasteiger partial charge in [0.1, 0.15) is 18.2 Å². The zero-order valence-corrected chi connectivity index (χ0v) is 16.0. The number of hydrogen-bond donors (Lipinski definition) is 2. The Hall–Kier alpha value is -2.43. The minimum Gasteiger partial charge on any atom is -0.457 e. The number of esters is 1. The van der Waals surface area contributed by atoms with Crippen LogP contribution in [0.15, 0.2) is 77.9 Å². The van der Waals surface area contributed by atoms with E-state index in [1.165, 1.54) is 5.57 Å². The van der Waals surface area contributed by atoms with Gasteiger partial charge in [-0.2, -0.15) is 0 Å². The molecule has 4 nitrogen and oxygen atoms in total. The summed E-state index contributed by atoms with van der Waals surface area (Å²) in [4.78, 5) is 12.8. The Morgan fingerprint density at radius 1 is 1.04 bits per heavy atom. The van der Waals surface area contributed by atoms with Crippen molar-refractivity contribution in [1.29, 1.82) is 0 Å². The first-order valence-corrected chi connectivity index (χ1v) is 10.1. The predicted molar refractivity (Wildman–Crippen MR) is 109 cm³/mol. The summed E-state index contributed by atoms with van der Waals surface area (Å²) in [5, 5.41) is 14.0. The van der Waals surface area contributed by atoms with Crippen LogP contribution < -0.4 is 5.32 Å². The van der Waals surface area contributed by atoms with Gasteiger partial charge in [-0.1, -0.05) is 72.4 Å². The normalized spacial score (nSPS) is 27.9. The highest BCUT2D eigenvalue weighted by Crippen LogP contribution is 2.42. The molecular formula is C24H27NO3. The van der Waals surface area contributed by atoms with Crippen LogP contribution in [-0.4, -0.2) is 23.4 Å². The van der Waals surface area contributed by atoms with E-state index in [1.54, 1.807) is 0 Å². The second-order valence-electron chi connectivity index (χ2n) is 7.64. The number of aliphatic hydroxyl groups is 1. The van der Waals surface area contributed by atoms with E-state index < -0.39 is 12.1 Å². The molecule has 0 aromatic heterocycles. The van der Waals surface area contributed by atoms with E-state index >= 15 is 0 Å². The second-order valence-corrected chi connectivity index (χ2v) is 7.64. The molecule has 4 rings (SSSR count). The molecule has 2 N–H and O–H groups in total. The van der Waals surface area contributed by atoms with Gasteiger partial charge in [-0.05, 0) is 36.8 Å². The lowest BCUT2D eigenvalue weighted by Gasteiger charge is -2.29. The highest BCUT2D eigenvalue weighted by molar-refractivity contribution is 5.77. The molecule has 2 aliphatic carbocycles. The van der Waals surface area contributed by atoms with Crippen molar-refractivity contribution >= 4 is 5.97 Å². The number of aliphatic hydroxyl groups excluding tert-OH is 1. The highest BCUT2D eigenvalue weighted by Gasteiger charge is 2.50. The molecule has 0 saturated carbocycles. The maximum Gasteiger partial charge on any atom is 0.314 e. The van der Waals surface area contributed by atoms with Crippen LogP contribution in [0.2, 0.25) is 0 Å². The Kier molecular flexibility index (Phi) is 5.89. The standard InChI is InChI=1S/C24H27NO3/c26-23(25-16-17-10-4-1-5-11-17)21-20(18-12-6-2-7-13-18)22(28-24(21)27)19-14-8-3-9-15-19/h1-6,8,10-12,14,20-23,25-26H,7,9,13,15-16H2. The van der Waals surface area contributed by atoms with E-state index in [2.05, 4.69) is 35.7 Å². The van der Waals surface area contributed by atoms with Crippen molar-refractivity contribution in [2.75, 3.05) is 0 Å². The Morgan fingerprint density at radius 2 is 1.71 bits per heavy atom. The van der Waals surface area contributed by atoms with Crippen LogP contribution in [0, 0.1) is 11.8 Å². The molecule has 1 heterocycles. The summed E-state index contributed by atoms with van der Waals surface area (Å²) in [6, 6.07) is 9.90. The molecular weight excluding hydrogens is 350 g/mol. The fourth-order valence-electron chi connectivity index (χ4n) is 4.37. The van der Waals surface area contributed by atoms with Crippen LogP contribution in [0.5, 0.6) is 0 Å². The number of benzene rings is 1. The molecule has 4 unspecified atom stereocenters. The van der Waals surface area contributed by atoms with Crippen molar-refractivity contribution < 1.29 is 14.6 Å². The summed E-state index contributed by atoms with van der Waals surface area (Å²) in [6.07, 6.45) is 15.0. The molecule has 1 fully saturated rings.